The number of fused-ring (bicyclic) bond motifs is 1. The summed E-state index contributed by atoms with van der Waals surface area (Å²) in [5.41, 5.74) is 3.25. The Morgan fingerprint density at radius 3 is 2.63 bits per heavy atom. The number of nitriles is 1. The highest BCUT2D eigenvalue weighted by Crippen LogP contribution is 2.35. The van der Waals surface area contributed by atoms with E-state index >= 15 is 0 Å². The quantitative estimate of drug-likeness (QED) is 0.320. The molecule has 11 heteroatoms. The molecule has 0 bridgehead atoms. The van der Waals surface area contributed by atoms with E-state index in [-0.39, 0.29) is 17.5 Å². The minimum absolute atomic E-state index is 0.167. The Bertz CT molecular complexity index is 1490. The molecule has 1 aromatic carbocycles. The first kappa shape index (κ1) is 30.9. The lowest BCUT2D eigenvalue weighted by Crippen LogP contribution is -2.59. The normalized spacial score (nSPS) is 20.4. The Morgan fingerprint density at radius 1 is 1.37 bits per heavy atom. The molecule has 2 N–H and O–H groups in total. The molecule has 1 aliphatic heterocycles. The zero-order valence-corrected chi connectivity index (χ0v) is 25.3. The molecule has 0 spiro atoms. The van der Waals surface area contributed by atoms with Crippen LogP contribution in [-0.2, 0) is 4.74 Å². The predicted molar refractivity (Wildman–Crippen MR) is 161 cm³/mol. The Hall–Kier alpha value is -3.00. The van der Waals surface area contributed by atoms with Gasteiger partial charge in [0.15, 0.2) is 11.3 Å². The summed E-state index contributed by atoms with van der Waals surface area (Å²) in [7, 11) is 0. The van der Waals surface area contributed by atoms with Crippen molar-refractivity contribution in [2.24, 2.45) is 5.92 Å². The maximum Gasteiger partial charge on any atom is 0.190 e. The van der Waals surface area contributed by atoms with E-state index in [1.165, 1.54) is 6.92 Å². The van der Waals surface area contributed by atoms with Crippen LogP contribution in [-0.4, -0.2) is 72.8 Å². The Labute approximate surface area is 250 Å². The first-order valence-corrected chi connectivity index (χ1v) is 14.4. The van der Waals surface area contributed by atoms with Crippen molar-refractivity contribution in [3.8, 4) is 6.07 Å². The third kappa shape index (κ3) is 6.91. The molecule has 1 fully saturated rings. The highest BCUT2D eigenvalue weighted by molar-refractivity contribution is 6.35. The van der Waals surface area contributed by atoms with Crippen LogP contribution in [0, 0.1) is 17.2 Å². The molecule has 5 rings (SSSR count). The van der Waals surface area contributed by atoms with Crippen LogP contribution in [0.5, 0.6) is 0 Å². The molecule has 1 saturated heterocycles. The lowest BCUT2D eigenvalue weighted by atomic mass is 9.83. The van der Waals surface area contributed by atoms with E-state index < -0.39 is 5.60 Å². The molecule has 3 atom stereocenters. The molecule has 3 unspecified atom stereocenters. The number of aliphatic hydroxyl groups is 2. The second kappa shape index (κ2) is 12.9. The van der Waals surface area contributed by atoms with Crippen molar-refractivity contribution in [1.29, 1.82) is 5.26 Å². The van der Waals surface area contributed by atoms with Gasteiger partial charge in [-0.05, 0) is 62.4 Å². The predicted octanol–water partition coefficient (Wildman–Crippen LogP) is 5.96. The van der Waals surface area contributed by atoms with Gasteiger partial charge in [0, 0.05) is 22.6 Å². The molecule has 2 aromatic heterocycles. The Morgan fingerprint density at radius 2 is 2.07 bits per heavy atom. The Kier molecular flexibility index (Phi) is 9.73. The third-order valence-corrected chi connectivity index (χ3v) is 8.10. The van der Waals surface area contributed by atoms with Gasteiger partial charge in [-0.1, -0.05) is 55.8 Å². The monoisotopic (exact) mass is 598 g/mol. The zero-order chi connectivity index (χ0) is 29.9. The van der Waals surface area contributed by atoms with Gasteiger partial charge in [-0.25, -0.2) is 14.6 Å². The molecule has 0 radical (unpaired) electrons. The van der Waals surface area contributed by atoms with Gasteiger partial charge in [0.2, 0.25) is 0 Å². The largest absolute Gasteiger partial charge is 0.513 e. The molecule has 3 heterocycles. The van der Waals surface area contributed by atoms with E-state index in [4.69, 9.17) is 38.0 Å². The number of allylic oxidation sites excluding steroid dienone is 2. The number of aliphatic hydroxyl groups excluding tert-OH is 1. The third-order valence-electron chi connectivity index (χ3n) is 7.54. The van der Waals surface area contributed by atoms with Crippen LogP contribution in [0.2, 0.25) is 10.0 Å². The van der Waals surface area contributed by atoms with Gasteiger partial charge in [0.05, 0.1) is 36.9 Å². The summed E-state index contributed by atoms with van der Waals surface area (Å²) in [6.07, 6.45) is 5.67. The van der Waals surface area contributed by atoms with Crippen molar-refractivity contribution in [2.45, 2.75) is 58.2 Å². The fourth-order valence-electron chi connectivity index (χ4n) is 5.43. The average molecular weight is 600 g/mol. The smallest absolute Gasteiger partial charge is 0.190 e. The molecule has 2 aliphatic rings. The number of nitrogens with zero attached hydrogens (tertiary/aromatic N) is 6. The van der Waals surface area contributed by atoms with Gasteiger partial charge in [-0.2, -0.15) is 10.4 Å². The lowest BCUT2D eigenvalue weighted by molar-refractivity contribution is -0.190. The second-order valence-electron chi connectivity index (χ2n) is 10.9. The van der Waals surface area contributed by atoms with E-state index in [9.17, 15) is 10.4 Å². The van der Waals surface area contributed by atoms with Gasteiger partial charge in [-0.15, -0.1) is 0 Å². The van der Waals surface area contributed by atoms with Crippen LogP contribution < -0.4 is 0 Å². The maximum absolute atomic E-state index is 10.6. The van der Waals surface area contributed by atoms with Crippen LogP contribution in [0.25, 0.3) is 16.7 Å². The number of halogens is 2. The number of hydrogen-bond acceptors (Lipinski definition) is 8. The second-order valence-corrected chi connectivity index (χ2v) is 11.7. The fraction of sp³-hybridized carbons (Fsp3) is 0.467. The molecule has 9 nitrogen and oxygen atoms in total. The Balaban J connectivity index is 0.000000909. The van der Waals surface area contributed by atoms with E-state index in [1.807, 2.05) is 13.0 Å². The molecule has 41 heavy (non-hydrogen) atoms. The van der Waals surface area contributed by atoms with Crippen molar-refractivity contribution < 1.29 is 14.9 Å². The van der Waals surface area contributed by atoms with Crippen LogP contribution in [0.15, 0.2) is 42.8 Å². The summed E-state index contributed by atoms with van der Waals surface area (Å²) >= 11 is 12.6. The van der Waals surface area contributed by atoms with E-state index in [2.05, 4.69) is 47.6 Å². The van der Waals surface area contributed by atoms with Crippen molar-refractivity contribution >= 4 is 39.9 Å². The van der Waals surface area contributed by atoms with Gasteiger partial charge >= 0.3 is 0 Å². The van der Waals surface area contributed by atoms with Crippen LogP contribution in [0.4, 0.5) is 0 Å². The summed E-state index contributed by atoms with van der Waals surface area (Å²) in [5.74, 6) is 0.536. The van der Waals surface area contributed by atoms with Gasteiger partial charge in [0.25, 0.3) is 0 Å². The fourth-order valence-corrected chi connectivity index (χ4v) is 6.00. The van der Waals surface area contributed by atoms with Crippen LogP contribution in [0.1, 0.15) is 63.5 Å². The number of ether oxygens (including phenoxy) is 1. The summed E-state index contributed by atoms with van der Waals surface area (Å²) in [4.78, 5) is 11.9. The van der Waals surface area contributed by atoms with E-state index in [1.54, 1.807) is 23.0 Å². The van der Waals surface area contributed by atoms with E-state index in [0.29, 0.717) is 52.9 Å². The van der Waals surface area contributed by atoms with Crippen LogP contribution in [0.3, 0.4) is 0 Å². The van der Waals surface area contributed by atoms with Gasteiger partial charge in [-0.3, -0.25) is 4.90 Å². The van der Waals surface area contributed by atoms with Crippen molar-refractivity contribution in [3.05, 3.63) is 69.8 Å². The molecular formula is C30H36Cl2N6O3. The first-order valence-electron chi connectivity index (χ1n) is 13.6. The standard InChI is InChI=1S/C27H30Cl2N6O2.C3H6O/c1-4-34(13-27(36)14-37-15-27)24-8-5-18(9-16(24)2)23-12-31-25-22(11-30)33-35(26(25)32-23)17(3)20-7-6-19(28)10-21(20)29;1-3(2)4/h5-7,10,12,16-17,24,36H,4,8-9,13-15H2,1-3H3;4H,1H2,2H3. The number of hydrogen-bond donors (Lipinski definition) is 2. The summed E-state index contributed by atoms with van der Waals surface area (Å²) in [6.45, 7) is 13.3. The molecule has 218 valence electrons. The average Bonchev–Trinajstić information content (AvgIpc) is 3.28. The number of rotatable bonds is 7. The summed E-state index contributed by atoms with van der Waals surface area (Å²) < 4.78 is 6.96. The van der Waals surface area contributed by atoms with Gasteiger partial charge < -0.3 is 14.9 Å². The lowest BCUT2D eigenvalue weighted by Gasteiger charge is -2.44. The molecule has 3 aromatic rings. The zero-order valence-electron chi connectivity index (χ0n) is 23.8. The molecule has 0 saturated carbocycles. The first-order chi connectivity index (χ1) is 19.5. The highest BCUT2D eigenvalue weighted by atomic mass is 35.5. The van der Waals surface area contributed by atoms with Crippen LogP contribution >= 0.6 is 23.2 Å². The SMILES string of the molecule is C=C(C)O.CCN(CC1(O)COC1)C1CC=C(c2cnc3c(C#N)nn(C(C)c4ccc(Cl)cc4Cl)c3n2)CC1C. The maximum atomic E-state index is 10.6. The van der Waals surface area contributed by atoms with Crippen molar-refractivity contribution in [2.75, 3.05) is 26.3 Å². The number of benzene rings is 1. The number of aromatic nitrogens is 4. The summed E-state index contributed by atoms with van der Waals surface area (Å²) in [6, 6.07) is 7.55. The number of likely N-dealkylation sites (N-methyl/N-ethyl adjacent to an activating group) is 1. The minimum atomic E-state index is -0.739. The topological polar surface area (TPSA) is 120 Å². The minimum Gasteiger partial charge on any atom is -0.513 e. The molecule has 0 amide bonds. The molecule has 1 aliphatic carbocycles. The summed E-state index contributed by atoms with van der Waals surface area (Å²) in [5, 5.41) is 33.8. The highest BCUT2D eigenvalue weighted by Gasteiger charge is 2.40. The van der Waals surface area contributed by atoms with Crippen molar-refractivity contribution in [1.82, 2.24) is 24.6 Å². The van der Waals surface area contributed by atoms with E-state index in [0.717, 1.165) is 36.2 Å². The van der Waals surface area contributed by atoms with Crippen molar-refractivity contribution in [3.63, 3.8) is 0 Å². The molecular weight excluding hydrogens is 563 g/mol. The van der Waals surface area contributed by atoms with Gasteiger partial charge in [0.1, 0.15) is 17.2 Å².